The molecule has 0 saturated heterocycles. The minimum absolute atomic E-state index is 0.114. The Morgan fingerprint density at radius 1 is 0.971 bits per heavy atom. The Bertz CT molecular complexity index is 1510. The van der Waals surface area contributed by atoms with Gasteiger partial charge in [0.1, 0.15) is 5.69 Å². The number of hydrogen-bond acceptors (Lipinski definition) is 5. The normalized spacial score (nSPS) is 12.0. The molecule has 170 valence electrons. The van der Waals surface area contributed by atoms with Gasteiger partial charge in [-0.2, -0.15) is 0 Å². The molecule has 3 aromatic rings. The number of nitrogens with one attached hydrogen (secondary N) is 1. The average molecular weight is 514 g/mol. The molecule has 1 aliphatic heterocycles. The number of para-hydroxylation sites is 2. The van der Waals surface area contributed by atoms with Crippen molar-refractivity contribution in [3.8, 4) is 23.0 Å². The molecule has 0 bridgehead atoms. The number of hydrogen-bond donors (Lipinski definition) is 1. The van der Waals surface area contributed by atoms with Crippen molar-refractivity contribution in [1.29, 1.82) is 0 Å². The highest BCUT2D eigenvalue weighted by Gasteiger charge is 2.17. The zero-order valence-corrected chi connectivity index (χ0v) is 20.7. The molecule has 5 rings (SSSR count). The Labute approximate surface area is 206 Å². The number of halogens is 1. The van der Waals surface area contributed by atoms with Crippen molar-refractivity contribution in [3.05, 3.63) is 88.8 Å². The highest BCUT2D eigenvalue weighted by molar-refractivity contribution is 9.10. The van der Waals surface area contributed by atoms with E-state index in [9.17, 15) is 0 Å². The van der Waals surface area contributed by atoms with Gasteiger partial charge in [-0.25, -0.2) is 9.97 Å². The first-order valence-electron chi connectivity index (χ1n) is 11.0. The van der Waals surface area contributed by atoms with Crippen LogP contribution in [0.1, 0.15) is 13.8 Å². The van der Waals surface area contributed by atoms with Gasteiger partial charge in [0.15, 0.2) is 0 Å². The predicted molar refractivity (Wildman–Crippen MR) is 140 cm³/mol. The molecule has 1 N–H and O–H groups in total. The standard InChI is InChI=1S/C27H24BrN5O/c1-17(2)30-23-16-26-24(15-22(23)32-21-8-6-14-29-27(21)34-3)31-20-7-4-5-9-25(20)33(26)19-12-10-18(28)11-13-19/h4-17,32H,1-3H3/b30-23+. The molecule has 0 radical (unpaired) electrons. The lowest BCUT2D eigenvalue weighted by atomic mass is 10.1. The molecule has 0 saturated carbocycles. The number of rotatable bonds is 5. The summed E-state index contributed by atoms with van der Waals surface area (Å²) in [4.78, 5) is 14.2. The second-order valence-corrected chi connectivity index (χ2v) is 9.09. The van der Waals surface area contributed by atoms with Crippen molar-refractivity contribution in [2.45, 2.75) is 19.9 Å². The molecule has 2 heterocycles. The van der Waals surface area contributed by atoms with Crippen LogP contribution in [0, 0.1) is 0 Å². The molecule has 1 aliphatic carbocycles. The van der Waals surface area contributed by atoms with Gasteiger partial charge in [0.05, 0.1) is 40.6 Å². The van der Waals surface area contributed by atoms with Crippen molar-refractivity contribution < 1.29 is 4.74 Å². The first kappa shape index (κ1) is 22.1. The van der Waals surface area contributed by atoms with E-state index in [2.05, 4.69) is 68.9 Å². The number of methoxy groups -OCH3 is 1. The van der Waals surface area contributed by atoms with Gasteiger partial charge < -0.3 is 14.6 Å². The van der Waals surface area contributed by atoms with E-state index in [0.29, 0.717) is 5.88 Å². The van der Waals surface area contributed by atoms with Crippen LogP contribution in [0.2, 0.25) is 0 Å². The summed E-state index contributed by atoms with van der Waals surface area (Å²) < 4.78 is 8.71. The van der Waals surface area contributed by atoms with E-state index in [-0.39, 0.29) is 6.04 Å². The van der Waals surface area contributed by atoms with E-state index in [1.54, 1.807) is 13.3 Å². The van der Waals surface area contributed by atoms with Gasteiger partial charge in [0.25, 0.3) is 0 Å². The first-order chi connectivity index (χ1) is 16.5. The van der Waals surface area contributed by atoms with Crippen molar-refractivity contribution in [2.24, 2.45) is 4.99 Å². The Hall–Kier alpha value is -3.71. The van der Waals surface area contributed by atoms with Gasteiger partial charge >= 0.3 is 0 Å². The van der Waals surface area contributed by atoms with E-state index < -0.39 is 0 Å². The highest BCUT2D eigenvalue weighted by Crippen LogP contribution is 2.31. The molecule has 6 nitrogen and oxygen atoms in total. The highest BCUT2D eigenvalue weighted by atomic mass is 79.9. The summed E-state index contributed by atoms with van der Waals surface area (Å²) >= 11 is 3.55. The summed E-state index contributed by atoms with van der Waals surface area (Å²) in [7, 11) is 1.61. The van der Waals surface area contributed by atoms with Crippen LogP contribution in [0.5, 0.6) is 5.88 Å². The molecule has 34 heavy (non-hydrogen) atoms. The fourth-order valence-corrected chi connectivity index (χ4v) is 4.25. The van der Waals surface area contributed by atoms with Gasteiger partial charge in [-0.1, -0.05) is 28.1 Å². The molecule has 0 spiro atoms. The van der Waals surface area contributed by atoms with E-state index in [0.717, 1.165) is 49.3 Å². The van der Waals surface area contributed by atoms with E-state index in [4.69, 9.17) is 14.7 Å². The minimum atomic E-state index is 0.114. The summed E-state index contributed by atoms with van der Waals surface area (Å²) in [5.41, 5.74) is 6.44. The quantitative estimate of drug-likeness (QED) is 0.278. The number of benzene rings is 3. The molecule has 0 amide bonds. The lowest BCUT2D eigenvalue weighted by Crippen LogP contribution is -2.16. The van der Waals surface area contributed by atoms with Gasteiger partial charge in [0.2, 0.25) is 5.88 Å². The number of aromatic nitrogens is 3. The first-order valence-corrected chi connectivity index (χ1v) is 11.8. The Morgan fingerprint density at radius 2 is 1.76 bits per heavy atom. The molecular formula is C27H24BrN5O. The third-order valence-electron chi connectivity index (χ3n) is 5.41. The van der Waals surface area contributed by atoms with Gasteiger partial charge in [-0.15, -0.1) is 0 Å². The zero-order valence-electron chi connectivity index (χ0n) is 19.2. The van der Waals surface area contributed by atoms with Gasteiger partial charge in [-0.05, 0) is 74.5 Å². The largest absolute Gasteiger partial charge is 0.480 e. The summed E-state index contributed by atoms with van der Waals surface area (Å²) in [6.45, 7) is 4.14. The van der Waals surface area contributed by atoms with Gasteiger partial charge in [-0.3, -0.25) is 4.99 Å². The van der Waals surface area contributed by atoms with Crippen LogP contribution < -0.4 is 15.4 Å². The fraction of sp³-hybridized carbons (Fsp3) is 0.148. The maximum absolute atomic E-state index is 5.44. The maximum Gasteiger partial charge on any atom is 0.237 e. The Morgan fingerprint density at radius 3 is 2.53 bits per heavy atom. The smallest absolute Gasteiger partial charge is 0.237 e. The SMILES string of the molecule is COc1ncccc1Nc1cc2nc3ccccc3n(-c3ccc(Br)cc3)c-2c/c1=N\C(C)C. The molecule has 0 unspecified atom stereocenters. The number of nitrogens with zero attached hydrogens (tertiary/aromatic N) is 4. The van der Waals surface area contributed by atoms with Crippen LogP contribution in [-0.2, 0) is 0 Å². The van der Waals surface area contributed by atoms with Crippen LogP contribution >= 0.6 is 15.9 Å². The lowest BCUT2D eigenvalue weighted by Gasteiger charge is -2.20. The van der Waals surface area contributed by atoms with Crippen molar-refractivity contribution in [3.63, 3.8) is 0 Å². The number of ether oxygens (including phenoxy) is 1. The Kier molecular flexibility index (Phi) is 6.02. The second-order valence-electron chi connectivity index (χ2n) is 8.18. The summed E-state index contributed by atoms with van der Waals surface area (Å²) in [6, 6.07) is 24.5. The molecule has 7 heteroatoms. The van der Waals surface area contributed by atoms with Crippen molar-refractivity contribution >= 4 is 38.3 Å². The molecule has 0 fully saturated rings. The second kappa shape index (κ2) is 9.27. The number of anilines is 2. The summed E-state index contributed by atoms with van der Waals surface area (Å²) in [6.07, 6.45) is 1.71. The summed E-state index contributed by atoms with van der Waals surface area (Å²) in [5.74, 6) is 0.523. The predicted octanol–water partition coefficient (Wildman–Crippen LogP) is 6.35. The monoisotopic (exact) mass is 513 g/mol. The molecule has 2 aliphatic rings. The van der Waals surface area contributed by atoms with Gasteiger partial charge in [0, 0.05) is 22.4 Å². The molecular weight excluding hydrogens is 490 g/mol. The topological polar surface area (TPSA) is 64.3 Å². The minimum Gasteiger partial charge on any atom is -0.480 e. The molecule has 1 aromatic heterocycles. The van der Waals surface area contributed by atoms with Crippen LogP contribution in [0.3, 0.4) is 0 Å². The number of fused-ring (bicyclic) bond motifs is 2. The number of pyridine rings is 1. The van der Waals surface area contributed by atoms with E-state index in [1.165, 1.54) is 0 Å². The Balaban J connectivity index is 1.81. The third-order valence-corrected chi connectivity index (χ3v) is 5.94. The molecule has 2 aromatic carbocycles. The lowest BCUT2D eigenvalue weighted by molar-refractivity contribution is 0.400. The summed E-state index contributed by atoms with van der Waals surface area (Å²) in [5, 5.41) is 4.31. The van der Waals surface area contributed by atoms with Crippen LogP contribution in [0.4, 0.5) is 11.4 Å². The van der Waals surface area contributed by atoms with Crippen LogP contribution in [0.25, 0.3) is 28.1 Å². The average Bonchev–Trinajstić information content (AvgIpc) is 2.84. The fourth-order valence-electron chi connectivity index (χ4n) is 3.99. The maximum atomic E-state index is 5.44. The van der Waals surface area contributed by atoms with E-state index in [1.807, 2.05) is 48.5 Å². The van der Waals surface area contributed by atoms with E-state index >= 15 is 0 Å². The third kappa shape index (κ3) is 4.26. The molecule has 0 atom stereocenters. The van der Waals surface area contributed by atoms with Crippen molar-refractivity contribution in [2.75, 3.05) is 12.4 Å². The zero-order chi connectivity index (χ0) is 23.7. The van der Waals surface area contributed by atoms with Crippen LogP contribution in [-0.4, -0.2) is 27.7 Å². The van der Waals surface area contributed by atoms with Crippen LogP contribution in [0.15, 0.2) is 88.5 Å². The van der Waals surface area contributed by atoms with Crippen molar-refractivity contribution in [1.82, 2.24) is 14.5 Å².